The predicted octanol–water partition coefficient (Wildman–Crippen LogP) is 2.62. The second kappa shape index (κ2) is 7.43. The summed E-state index contributed by atoms with van der Waals surface area (Å²) in [4.78, 5) is 23.3. The number of hydrogen-bond acceptors (Lipinski definition) is 2. The Kier molecular flexibility index (Phi) is 6.20. The third-order valence-corrected chi connectivity index (χ3v) is 3.25. The summed E-state index contributed by atoms with van der Waals surface area (Å²) in [6, 6.07) is 7.77. The van der Waals surface area contributed by atoms with Gasteiger partial charge in [-0.25, -0.2) is 0 Å². The van der Waals surface area contributed by atoms with E-state index < -0.39 is 5.41 Å². The first-order valence-electron chi connectivity index (χ1n) is 6.58. The lowest BCUT2D eigenvalue weighted by Gasteiger charge is -2.17. The van der Waals surface area contributed by atoms with E-state index in [2.05, 4.69) is 26.6 Å². The quantitative estimate of drug-likeness (QED) is 0.865. The molecule has 1 rings (SSSR count). The SMILES string of the molecule is CC(C)(C)C(=O)NCCC(=O)NCc1ccc(Br)cc1. The summed E-state index contributed by atoms with van der Waals surface area (Å²) in [5.74, 6) is -0.111. The highest BCUT2D eigenvalue weighted by atomic mass is 79.9. The number of carbonyl (C=O) groups excluding carboxylic acids is 2. The molecule has 2 N–H and O–H groups in total. The Labute approximate surface area is 128 Å². The van der Waals surface area contributed by atoms with E-state index >= 15 is 0 Å². The Balaban J connectivity index is 2.24. The Morgan fingerprint density at radius 3 is 2.25 bits per heavy atom. The van der Waals surface area contributed by atoms with Crippen LogP contribution in [0, 0.1) is 5.41 Å². The second-order valence-corrected chi connectivity index (χ2v) is 6.57. The van der Waals surface area contributed by atoms with Crippen LogP contribution >= 0.6 is 15.9 Å². The molecule has 0 spiro atoms. The average molecular weight is 341 g/mol. The fourth-order valence-electron chi connectivity index (χ4n) is 1.45. The molecule has 0 aliphatic carbocycles. The third kappa shape index (κ3) is 6.19. The molecule has 0 heterocycles. The van der Waals surface area contributed by atoms with E-state index in [1.54, 1.807) is 0 Å². The maximum absolute atomic E-state index is 11.6. The molecule has 0 saturated carbocycles. The fourth-order valence-corrected chi connectivity index (χ4v) is 1.71. The van der Waals surface area contributed by atoms with Crippen molar-refractivity contribution < 1.29 is 9.59 Å². The molecule has 0 radical (unpaired) electrons. The molecule has 0 atom stereocenters. The van der Waals surface area contributed by atoms with Crippen molar-refractivity contribution in [3.8, 4) is 0 Å². The maximum Gasteiger partial charge on any atom is 0.225 e. The molecule has 4 nitrogen and oxygen atoms in total. The van der Waals surface area contributed by atoms with Crippen LogP contribution in [-0.2, 0) is 16.1 Å². The molecule has 1 aromatic carbocycles. The van der Waals surface area contributed by atoms with Crippen molar-refractivity contribution in [2.24, 2.45) is 5.41 Å². The van der Waals surface area contributed by atoms with Crippen LogP contribution in [-0.4, -0.2) is 18.4 Å². The topological polar surface area (TPSA) is 58.2 Å². The average Bonchev–Trinajstić information content (AvgIpc) is 2.37. The van der Waals surface area contributed by atoms with E-state index in [9.17, 15) is 9.59 Å². The molecule has 2 amide bonds. The van der Waals surface area contributed by atoms with Crippen molar-refractivity contribution >= 4 is 27.7 Å². The molecule has 0 aliphatic heterocycles. The highest BCUT2D eigenvalue weighted by molar-refractivity contribution is 9.10. The summed E-state index contributed by atoms with van der Waals surface area (Å²) in [6.07, 6.45) is 0.290. The molecule has 1 aromatic rings. The highest BCUT2D eigenvalue weighted by Crippen LogP contribution is 2.12. The molecular formula is C15H21BrN2O2. The first-order valence-corrected chi connectivity index (χ1v) is 7.38. The van der Waals surface area contributed by atoms with Gasteiger partial charge < -0.3 is 10.6 Å². The molecule has 20 heavy (non-hydrogen) atoms. The summed E-state index contributed by atoms with van der Waals surface area (Å²) in [5, 5.41) is 5.58. The molecule has 0 aromatic heterocycles. The molecule has 0 bridgehead atoms. The molecule has 110 valence electrons. The Morgan fingerprint density at radius 2 is 1.70 bits per heavy atom. The number of halogens is 1. The van der Waals surface area contributed by atoms with Crippen molar-refractivity contribution in [2.45, 2.75) is 33.7 Å². The predicted molar refractivity (Wildman–Crippen MR) is 83.1 cm³/mol. The monoisotopic (exact) mass is 340 g/mol. The molecule has 0 aliphatic rings. The first-order chi connectivity index (χ1) is 9.29. The van der Waals surface area contributed by atoms with Crippen LogP contribution in [0.1, 0.15) is 32.8 Å². The van der Waals surface area contributed by atoms with Gasteiger partial charge in [0, 0.05) is 29.4 Å². The molecule has 0 unspecified atom stereocenters. The van der Waals surface area contributed by atoms with Crippen molar-refractivity contribution in [2.75, 3.05) is 6.54 Å². The Bertz CT molecular complexity index is 464. The zero-order chi connectivity index (χ0) is 15.2. The lowest BCUT2D eigenvalue weighted by atomic mass is 9.96. The van der Waals surface area contributed by atoms with Gasteiger partial charge in [0.05, 0.1) is 0 Å². The van der Waals surface area contributed by atoms with Crippen molar-refractivity contribution in [1.82, 2.24) is 10.6 Å². The standard InChI is InChI=1S/C15H21BrN2O2/c1-15(2,3)14(20)17-9-8-13(19)18-10-11-4-6-12(16)7-5-11/h4-7H,8-10H2,1-3H3,(H,17,20)(H,18,19). The molecule has 5 heteroatoms. The fraction of sp³-hybridized carbons (Fsp3) is 0.467. The normalized spacial score (nSPS) is 11.0. The van der Waals surface area contributed by atoms with Gasteiger partial charge in [-0.3, -0.25) is 9.59 Å². The number of carbonyl (C=O) groups is 2. The van der Waals surface area contributed by atoms with Crippen molar-refractivity contribution in [3.05, 3.63) is 34.3 Å². The van der Waals surface area contributed by atoms with Gasteiger partial charge in [0.15, 0.2) is 0 Å². The minimum absolute atomic E-state index is 0.0433. The van der Waals surface area contributed by atoms with Crippen LogP contribution in [0.3, 0.4) is 0 Å². The number of benzene rings is 1. The zero-order valence-electron chi connectivity index (χ0n) is 12.1. The van der Waals surface area contributed by atoms with Crippen LogP contribution < -0.4 is 10.6 Å². The van der Waals surface area contributed by atoms with Crippen molar-refractivity contribution in [3.63, 3.8) is 0 Å². The van der Waals surface area contributed by atoms with Crippen LogP contribution in [0.4, 0.5) is 0 Å². The van der Waals surface area contributed by atoms with E-state index in [0.29, 0.717) is 19.5 Å². The van der Waals surface area contributed by atoms with E-state index in [4.69, 9.17) is 0 Å². The summed E-state index contributed by atoms with van der Waals surface area (Å²) < 4.78 is 1.01. The van der Waals surface area contributed by atoms with E-state index in [0.717, 1.165) is 10.0 Å². The first kappa shape index (κ1) is 16.7. The minimum atomic E-state index is -0.423. The van der Waals surface area contributed by atoms with Crippen molar-refractivity contribution in [1.29, 1.82) is 0 Å². The number of amides is 2. The molecule has 0 saturated heterocycles. The summed E-state index contributed by atoms with van der Waals surface area (Å²) >= 11 is 3.36. The number of hydrogen-bond donors (Lipinski definition) is 2. The Morgan fingerprint density at radius 1 is 1.10 bits per heavy atom. The van der Waals surface area contributed by atoms with Crippen LogP contribution in [0.25, 0.3) is 0 Å². The van der Waals surface area contributed by atoms with Crippen LogP contribution in [0.15, 0.2) is 28.7 Å². The van der Waals surface area contributed by atoms with Gasteiger partial charge in [0.2, 0.25) is 11.8 Å². The van der Waals surface area contributed by atoms with Gasteiger partial charge in [-0.15, -0.1) is 0 Å². The van der Waals surface area contributed by atoms with Crippen LogP contribution in [0.2, 0.25) is 0 Å². The maximum atomic E-state index is 11.6. The third-order valence-electron chi connectivity index (χ3n) is 2.72. The summed E-state index contributed by atoms with van der Waals surface area (Å²) in [7, 11) is 0. The minimum Gasteiger partial charge on any atom is -0.355 e. The van der Waals surface area contributed by atoms with Gasteiger partial charge in [-0.1, -0.05) is 48.8 Å². The smallest absolute Gasteiger partial charge is 0.225 e. The van der Waals surface area contributed by atoms with Gasteiger partial charge in [-0.2, -0.15) is 0 Å². The van der Waals surface area contributed by atoms with E-state index in [1.165, 1.54) is 0 Å². The number of nitrogens with one attached hydrogen (secondary N) is 2. The second-order valence-electron chi connectivity index (χ2n) is 5.66. The Hall–Kier alpha value is -1.36. The molecule has 0 fully saturated rings. The highest BCUT2D eigenvalue weighted by Gasteiger charge is 2.20. The zero-order valence-corrected chi connectivity index (χ0v) is 13.7. The van der Waals surface area contributed by atoms with Gasteiger partial charge in [0.25, 0.3) is 0 Å². The van der Waals surface area contributed by atoms with Gasteiger partial charge >= 0.3 is 0 Å². The van der Waals surface area contributed by atoms with Gasteiger partial charge in [-0.05, 0) is 17.7 Å². The van der Waals surface area contributed by atoms with E-state index in [-0.39, 0.29) is 11.8 Å². The van der Waals surface area contributed by atoms with E-state index in [1.807, 2.05) is 45.0 Å². The lowest BCUT2D eigenvalue weighted by Crippen LogP contribution is -2.37. The van der Waals surface area contributed by atoms with Crippen LogP contribution in [0.5, 0.6) is 0 Å². The summed E-state index contributed by atoms with van der Waals surface area (Å²) in [6.45, 7) is 6.39. The summed E-state index contributed by atoms with van der Waals surface area (Å²) in [5.41, 5.74) is 0.619. The number of rotatable bonds is 5. The largest absolute Gasteiger partial charge is 0.355 e. The molecular weight excluding hydrogens is 320 g/mol. The lowest BCUT2D eigenvalue weighted by molar-refractivity contribution is -0.128. The van der Waals surface area contributed by atoms with Gasteiger partial charge in [0.1, 0.15) is 0 Å².